The lowest BCUT2D eigenvalue weighted by Gasteiger charge is -2.41. The molecule has 2 unspecified atom stereocenters. The molecule has 0 radical (unpaired) electrons. The van der Waals surface area contributed by atoms with Gasteiger partial charge in [0.25, 0.3) is 5.91 Å². The fourth-order valence-corrected chi connectivity index (χ4v) is 6.04. The van der Waals surface area contributed by atoms with Gasteiger partial charge in [0.05, 0.1) is 40.3 Å². The Kier molecular flexibility index (Phi) is 5.19. The van der Waals surface area contributed by atoms with Crippen molar-refractivity contribution in [3.63, 3.8) is 0 Å². The van der Waals surface area contributed by atoms with Gasteiger partial charge in [0.2, 0.25) is 0 Å². The molecule has 0 bridgehead atoms. The molecule has 2 atom stereocenters. The van der Waals surface area contributed by atoms with Crippen LogP contribution in [0.5, 0.6) is 0 Å². The SMILES string of the molecule is CCN1CCN(C2=CN3C(=O)C=C(c4cc5c(C)nc(C)cn5n4)PC3C(C)=C2)CC1. The summed E-state index contributed by atoms with van der Waals surface area (Å²) in [5, 5.41) is 5.78. The minimum absolute atomic E-state index is 0.0407. The number of amides is 1. The van der Waals surface area contributed by atoms with Crippen molar-refractivity contribution in [2.45, 2.75) is 33.5 Å². The van der Waals surface area contributed by atoms with E-state index in [4.69, 9.17) is 5.10 Å². The van der Waals surface area contributed by atoms with Crippen molar-refractivity contribution in [1.29, 1.82) is 0 Å². The molecule has 1 fully saturated rings. The molecule has 3 aliphatic rings. The average Bonchev–Trinajstić information content (AvgIpc) is 3.18. The van der Waals surface area contributed by atoms with E-state index >= 15 is 0 Å². The number of aryl methyl sites for hydroxylation is 2. The normalized spacial score (nSPS) is 23.2. The Morgan fingerprint density at radius 3 is 2.65 bits per heavy atom. The average molecular weight is 437 g/mol. The summed E-state index contributed by atoms with van der Waals surface area (Å²) < 4.78 is 1.88. The molecule has 8 heteroatoms. The van der Waals surface area contributed by atoms with Crippen molar-refractivity contribution in [2.24, 2.45) is 0 Å². The lowest BCUT2D eigenvalue weighted by atomic mass is 10.1. The Morgan fingerprint density at radius 2 is 1.90 bits per heavy atom. The Hall–Kier alpha value is -2.50. The smallest absolute Gasteiger partial charge is 0.252 e. The first-order valence-corrected chi connectivity index (χ1v) is 12.0. The number of allylic oxidation sites excluding steroid dienone is 1. The standard InChI is InChI=1S/C23H29N6OP/c1-5-26-6-8-27(9-7-26)18-10-15(2)23-28(14-18)22(30)12-21(31-23)19-11-20-17(4)24-16(3)13-29(20)25-19/h10-14,23,31H,5-9H2,1-4H3. The molecule has 0 saturated carbocycles. The van der Waals surface area contributed by atoms with Crippen LogP contribution in [-0.4, -0.2) is 73.7 Å². The summed E-state index contributed by atoms with van der Waals surface area (Å²) in [5.41, 5.74) is 6.15. The maximum atomic E-state index is 13.1. The highest BCUT2D eigenvalue weighted by molar-refractivity contribution is 7.51. The van der Waals surface area contributed by atoms with E-state index in [-0.39, 0.29) is 11.7 Å². The maximum absolute atomic E-state index is 13.1. The summed E-state index contributed by atoms with van der Waals surface area (Å²) >= 11 is 0. The van der Waals surface area contributed by atoms with Crippen LogP contribution >= 0.6 is 8.58 Å². The molecule has 0 spiro atoms. The number of hydrogen-bond acceptors (Lipinski definition) is 5. The Bertz CT molecular complexity index is 1140. The lowest BCUT2D eigenvalue weighted by molar-refractivity contribution is -0.124. The van der Waals surface area contributed by atoms with E-state index in [9.17, 15) is 4.79 Å². The third kappa shape index (κ3) is 3.70. The summed E-state index contributed by atoms with van der Waals surface area (Å²) in [4.78, 5) is 24.5. The van der Waals surface area contributed by atoms with Gasteiger partial charge in [0.1, 0.15) is 0 Å². The van der Waals surface area contributed by atoms with Gasteiger partial charge < -0.3 is 14.7 Å². The molecule has 5 rings (SSSR count). The molecule has 3 aliphatic heterocycles. The zero-order valence-electron chi connectivity index (χ0n) is 18.6. The Balaban J connectivity index is 1.42. The van der Waals surface area contributed by atoms with E-state index in [0.29, 0.717) is 8.58 Å². The molecule has 162 valence electrons. The molecule has 1 amide bonds. The van der Waals surface area contributed by atoms with Crippen LogP contribution in [-0.2, 0) is 4.79 Å². The van der Waals surface area contributed by atoms with Gasteiger partial charge >= 0.3 is 0 Å². The van der Waals surface area contributed by atoms with Gasteiger partial charge in [-0.05, 0) is 45.0 Å². The summed E-state index contributed by atoms with van der Waals surface area (Å²) in [6, 6.07) is 2.06. The van der Waals surface area contributed by atoms with Crippen LogP contribution in [0.25, 0.3) is 10.8 Å². The van der Waals surface area contributed by atoms with Crippen molar-refractivity contribution >= 4 is 25.3 Å². The number of carbonyl (C=O) groups excluding carboxylic acids is 1. The highest BCUT2D eigenvalue weighted by atomic mass is 31.1. The summed E-state index contributed by atoms with van der Waals surface area (Å²) in [6.07, 6.45) is 8.04. The van der Waals surface area contributed by atoms with Crippen LogP contribution in [0, 0.1) is 13.8 Å². The third-order valence-corrected chi connectivity index (χ3v) is 8.11. The van der Waals surface area contributed by atoms with Gasteiger partial charge in [0.15, 0.2) is 0 Å². The molecule has 2 aromatic rings. The number of hydrogen-bond donors (Lipinski definition) is 0. The molecule has 5 heterocycles. The van der Waals surface area contributed by atoms with Crippen LogP contribution in [0.15, 0.2) is 41.9 Å². The Morgan fingerprint density at radius 1 is 1.13 bits per heavy atom. The van der Waals surface area contributed by atoms with E-state index in [1.165, 1.54) is 5.57 Å². The largest absolute Gasteiger partial charge is 0.368 e. The van der Waals surface area contributed by atoms with Gasteiger partial charge in [-0.25, -0.2) is 4.52 Å². The molecular weight excluding hydrogens is 407 g/mol. The second-order valence-corrected chi connectivity index (χ2v) is 9.92. The number of carbonyl (C=O) groups is 1. The van der Waals surface area contributed by atoms with Crippen LogP contribution in [0.1, 0.15) is 30.9 Å². The van der Waals surface area contributed by atoms with Crippen LogP contribution in [0.4, 0.5) is 0 Å². The maximum Gasteiger partial charge on any atom is 0.252 e. The monoisotopic (exact) mass is 436 g/mol. The molecule has 7 nitrogen and oxygen atoms in total. The van der Waals surface area contributed by atoms with Crippen molar-refractivity contribution < 1.29 is 4.79 Å². The molecular formula is C23H29N6OP. The number of likely N-dealkylation sites (N-methyl/N-ethyl adjacent to an activating group) is 1. The molecule has 0 N–H and O–H groups in total. The fraction of sp³-hybridized carbons (Fsp3) is 0.435. The lowest BCUT2D eigenvalue weighted by Crippen LogP contribution is -2.47. The van der Waals surface area contributed by atoms with E-state index in [1.54, 1.807) is 6.08 Å². The van der Waals surface area contributed by atoms with Crippen LogP contribution < -0.4 is 0 Å². The van der Waals surface area contributed by atoms with E-state index < -0.39 is 0 Å². The third-order valence-electron chi connectivity index (χ3n) is 6.39. The Labute approximate surface area is 184 Å². The number of piperazine rings is 1. The van der Waals surface area contributed by atoms with Crippen molar-refractivity contribution in [1.82, 2.24) is 29.3 Å². The van der Waals surface area contributed by atoms with Gasteiger partial charge in [-0.3, -0.25) is 9.78 Å². The second kappa shape index (κ2) is 7.88. The first-order chi connectivity index (χ1) is 14.9. The molecule has 0 aliphatic carbocycles. The van der Waals surface area contributed by atoms with Crippen molar-refractivity contribution in [2.75, 3.05) is 32.7 Å². The molecule has 31 heavy (non-hydrogen) atoms. The highest BCUT2D eigenvalue weighted by Crippen LogP contribution is 2.47. The first-order valence-electron chi connectivity index (χ1n) is 10.9. The number of aromatic nitrogens is 3. The quantitative estimate of drug-likeness (QED) is 0.693. The summed E-state index contributed by atoms with van der Waals surface area (Å²) in [7, 11) is 0.470. The van der Waals surface area contributed by atoms with Crippen molar-refractivity contribution in [3.8, 4) is 0 Å². The van der Waals surface area contributed by atoms with Crippen molar-refractivity contribution in [3.05, 3.63) is 59.0 Å². The zero-order chi connectivity index (χ0) is 21.7. The van der Waals surface area contributed by atoms with Gasteiger partial charge in [-0.1, -0.05) is 15.5 Å². The summed E-state index contributed by atoms with van der Waals surface area (Å²) in [5.74, 6) is 0.123. The van der Waals surface area contributed by atoms with Gasteiger partial charge in [0, 0.05) is 43.8 Å². The molecule has 0 aromatic carbocycles. The summed E-state index contributed by atoms with van der Waals surface area (Å²) in [6.45, 7) is 13.6. The minimum atomic E-state index is 0.0407. The van der Waals surface area contributed by atoms with Crippen LogP contribution in [0.3, 0.4) is 0 Å². The number of nitrogens with zero attached hydrogens (tertiary/aromatic N) is 6. The molecule has 1 saturated heterocycles. The zero-order valence-corrected chi connectivity index (χ0v) is 19.6. The first kappa shape index (κ1) is 20.4. The predicted molar refractivity (Wildman–Crippen MR) is 125 cm³/mol. The van der Waals surface area contributed by atoms with E-state index in [0.717, 1.165) is 66.3 Å². The molecule has 2 aromatic heterocycles. The topological polar surface area (TPSA) is 57.0 Å². The van der Waals surface area contributed by atoms with E-state index in [2.05, 4.69) is 47.0 Å². The second-order valence-electron chi connectivity index (χ2n) is 8.54. The van der Waals surface area contributed by atoms with Crippen LogP contribution in [0.2, 0.25) is 0 Å². The predicted octanol–water partition coefficient (Wildman–Crippen LogP) is 2.97. The number of fused-ring (bicyclic) bond motifs is 2. The fourth-order valence-electron chi connectivity index (χ4n) is 4.61. The van der Waals surface area contributed by atoms with Gasteiger partial charge in [-0.15, -0.1) is 0 Å². The van der Waals surface area contributed by atoms with Gasteiger partial charge in [-0.2, -0.15) is 5.10 Å². The van der Waals surface area contributed by atoms with E-state index in [1.807, 2.05) is 29.5 Å². The number of rotatable bonds is 3. The highest BCUT2D eigenvalue weighted by Gasteiger charge is 2.33. The minimum Gasteiger partial charge on any atom is -0.368 e.